The second kappa shape index (κ2) is 9.86. The number of carbonyl (C=O) groups is 2. The predicted molar refractivity (Wildman–Crippen MR) is 111 cm³/mol. The van der Waals surface area contributed by atoms with Gasteiger partial charge in [-0.25, -0.2) is 0 Å². The maximum atomic E-state index is 12.3. The lowest BCUT2D eigenvalue weighted by atomic mass is 10.1. The summed E-state index contributed by atoms with van der Waals surface area (Å²) in [6.07, 6.45) is 0.952. The Balaban J connectivity index is 1.82. The Labute approximate surface area is 167 Å². The van der Waals surface area contributed by atoms with Gasteiger partial charge in [0.1, 0.15) is 0 Å². The summed E-state index contributed by atoms with van der Waals surface area (Å²) in [5, 5.41) is 6.03. The van der Waals surface area contributed by atoms with Crippen LogP contribution < -0.4 is 10.6 Å². The van der Waals surface area contributed by atoms with E-state index in [1.807, 2.05) is 24.3 Å². The highest BCUT2D eigenvalue weighted by atomic mass is 35.5. The molecule has 0 heterocycles. The molecule has 0 spiro atoms. The number of aryl methyl sites for hydroxylation is 1. The number of nitrogens with one attached hydrogen (secondary N) is 2. The average molecular weight is 411 g/mol. The zero-order valence-electron chi connectivity index (χ0n) is 14.5. The number of amides is 2. The molecular weight excluding hydrogens is 391 g/mol. The second-order valence-corrected chi connectivity index (χ2v) is 7.84. The highest BCUT2D eigenvalue weighted by Crippen LogP contribution is 2.26. The number of hydrogen-bond acceptors (Lipinski definition) is 3. The molecule has 2 aromatic rings. The van der Waals surface area contributed by atoms with Crippen molar-refractivity contribution in [3.8, 4) is 0 Å². The fraction of sp³-hybridized carbons (Fsp3) is 0.263. The first-order valence-corrected chi connectivity index (χ1v) is 9.95. The quantitative estimate of drug-likeness (QED) is 0.654. The molecule has 1 atom stereocenters. The molecule has 2 N–H and O–H groups in total. The van der Waals surface area contributed by atoms with Crippen molar-refractivity contribution >= 4 is 58.2 Å². The summed E-state index contributed by atoms with van der Waals surface area (Å²) >= 11 is 13.2. The molecule has 0 saturated heterocycles. The molecule has 0 aliphatic rings. The van der Waals surface area contributed by atoms with Crippen molar-refractivity contribution in [2.24, 2.45) is 0 Å². The lowest BCUT2D eigenvalue weighted by Gasteiger charge is -2.13. The monoisotopic (exact) mass is 410 g/mol. The van der Waals surface area contributed by atoms with Crippen LogP contribution in [0.3, 0.4) is 0 Å². The van der Waals surface area contributed by atoms with Gasteiger partial charge >= 0.3 is 0 Å². The molecule has 0 unspecified atom stereocenters. The van der Waals surface area contributed by atoms with Crippen LogP contribution in [0, 0.1) is 0 Å². The highest BCUT2D eigenvalue weighted by molar-refractivity contribution is 8.01. The van der Waals surface area contributed by atoms with E-state index in [2.05, 4.69) is 17.6 Å². The number of halogens is 2. The molecule has 138 valence electrons. The first-order valence-electron chi connectivity index (χ1n) is 8.15. The van der Waals surface area contributed by atoms with Gasteiger partial charge in [-0.05, 0) is 49.2 Å². The Kier molecular flexibility index (Phi) is 7.82. The number of carbonyl (C=O) groups excluding carboxylic acids is 2. The summed E-state index contributed by atoms with van der Waals surface area (Å²) in [4.78, 5) is 24.3. The van der Waals surface area contributed by atoms with Crippen molar-refractivity contribution in [2.45, 2.75) is 25.5 Å². The number of benzene rings is 2. The largest absolute Gasteiger partial charge is 0.325 e. The normalized spacial score (nSPS) is 11.7. The highest BCUT2D eigenvalue weighted by Gasteiger charge is 2.16. The van der Waals surface area contributed by atoms with Crippen LogP contribution >= 0.6 is 35.0 Å². The van der Waals surface area contributed by atoms with Crippen LogP contribution in [0.2, 0.25) is 10.0 Å². The van der Waals surface area contributed by atoms with Crippen molar-refractivity contribution in [3.05, 3.63) is 58.1 Å². The minimum Gasteiger partial charge on any atom is -0.325 e. The minimum atomic E-state index is -0.418. The third-order valence-electron chi connectivity index (χ3n) is 3.67. The summed E-state index contributed by atoms with van der Waals surface area (Å²) in [7, 11) is 0. The van der Waals surface area contributed by atoms with Crippen LogP contribution in [0.25, 0.3) is 0 Å². The Morgan fingerprint density at radius 1 is 1.08 bits per heavy atom. The number of anilines is 2. The fourth-order valence-electron chi connectivity index (χ4n) is 2.12. The van der Waals surface area contributed by atoms with Crippen LogP contribution in [-0.4, -0.2) is 22.8 Å². The van der Waals surface area contributed by atoms with E-state index in [4.69, 9.17) is 23.2 Å². The summed E-state index contributed by atoms with van der Waals surface area (Å²) in [6, 6.07) is 12.6. The molecule has 0 saturated carbocycles. The van der Waals surface area contributed by atoms with Gasteiger partial charge in [0.05, 0.1) is 21.7 Å². The van der Waals surface area contributed by atoms with E-state index in [-0.39, 0.29) is 17.6 Å². The maximum Gasteiger partial charge on any atom is 0.237 e. The third-order valence-corrected chi connectivity index (χ3v) is 5.37. The number of thioether (sulfide) groups is 1. The maximum absolute atomic E-state index is 12.3. The van der Waals surface area contributed by atoms with Crippen molar-refractivity contribution in [3.63, 3.8) is 0 Å². The van der Waals surface area contributed by atoms with E-state index in [1.54, 1.807) is 25.1 Å². The molecular formula is C19H20Cl2N2O2S. The van der Waals surface area contributed by atoms with E-state index in [9.17, 15) is 9.59 Å². The van der Waals surface area contributed by atoms with Crippen molar-refractivity contribution in [1.82, 2.24) is 0 Å². The van der Waals surface area contributed by atoms with Crippen LogP contribution in [0.15, 0.2) is 42.5 Å². The van der Waals surface area contributed by atoms with Crippen molar-refractivity contribution < 1.29 is 9.59 Å². The van der Waals surface area contributed by atoms with Gasteiger partial charge in [-0.15, -0.1) is 11.8 Å². The molecule has 0 aliphatic heterocycles. The molecule has 0 aromatic heterocycles. The van der Waals surface area contributed by atoms with Gasteiger partial charge in [0, 0.05) is 10.7 Å². The standard InChI is InChI=1S/C19H20Cl2N2O2S/c1-3-13-4-7-15(8-5-13)22-18(24)11-26-12(2)19(25)23-17-10-14(20)6-9-16(17)21/h4-10,12H,3,11H2,1-2H3,(H,22,24)(H,23,25)/t12-/m0/s1. The molecule has 0 radical (unpaired) electrons. The van der Waals surface area contributed by atoms with Crippen LogP contribution in [0.1, 0.15) is 19.4 Å². The van der Waals surface area contributed by atoms with Crippen LogP contribution in [0.4, 0.5) is 11.4 Å². The zero-order chi connectivity index (χ0) is 19.1. The van der Waals surface area contributed by atoms with E-state index < -0.39 is 5.25 Å². The van der Waals surface area contributed by atoms with Crippen molar-refractivity contribution in [2.75, 3.05) is 16.4 Å². The SMILES string of the molecule is CCc1ccc(NC(=O)CS[C@@H](C)C(=O)Nc2cc(Cl)ccc2Cl)cc1. The van der Waals surface area contributed by atoms with Gasteiger partial charge in [-0.3, -0.25) is 9.59 Å². The minimum absolute atomic E-state index is 0.153. The molecule has 0 aliphatic carbocycles. The van der Waals surface area contributed by atoms with Crippen LogP contribution in [0.5, 0.6) is 0 Å². The lowest BCUT2D eigenvalue weighted by molar-refractivity contribution is -0.115. The zero-order valence-corrected chi connectivity index (χ0v) is 16.8. The van der Waals surface area contributed by atoms with Gasteiger partial charge < -0.3 is 10.6 Å². The summed E-state index contributed by atoms with van der Waals surface area (Å²) in [5.74, 6) is -0.216. The first-order chi connectivity index (χ1) is 12.4. The van der Waals surface area contributed by atoms with E-state index in [0.717, 1.165) is 12.1 Å². The molecule has 2 rings (SSSR count). The van der Waals surface area contributed by atoms with Gasteiger partial charge in [0.2, 0.25) is 11.8 Å². The van der Waals surface area contributed by atoms with Gasteiger partial charge in [-0.2, -0.15) is 0 Å². The molecule has 7 heteroatoms. The molecule has 26 heavy (non-hydrogen) atoms. The summed E-state index contributed by atoms with van der Waals surface area (Å²) in [6.45, 7) is 3.81. The topological polar surface area (TPSA) is 58.2 Å². The summed E-state index contributed by atoms with van der Waals surface area (Å²) in [5.41, 5.74) is 2.41. The fourth-order valence-corrected chi connectivity index (χ4v) is 3.15. The average Bonchev–Trinajstić information content (AvgIpc) is 2.63. The molecule has 0 fully saturated rings. The Bertz CT molecular complexity index is 782. The van der Waals surface area contributed by atoms with Gasteiger partial charge in [0.15, 0.2) is 0 Å². The van der Waals surface area contributed by atoms with E-state index in [0.29, 0.717) is 15.7 Å². The number of hydrogen-bond donors (Lipinski definition) is 2. The van der Waals surface area contributed by atoms with Crippen LogP contribution in [-0.2, 0) is 16.0 Å². The van der Waals surface area contributed by atoms with Gasteiger partial charge in [-0.1, -0.05) is 42.3 Å². The Morgan fingerprint density at radius 2 is 1.77 bits per heavy atom. The first kappa shape index (κ1) is 20.6. The molecule has 4 nitrogen and oxygen atoms in total. The Hall–Kier alpha value is -1.69. The predicted octanol–water partition coefficient (Wildman–Crippen LogP) is 5.25. The molecule has 2 amide bonds. The molecule has 2 aromatic carbocycles. The summed E-state index contributed by atoms with van der Waals surface area (Å²) < 4.78 is 0. The molecule has 0 bridgehead atoms. The third kappa shape index (κ3) is 6.24. The second-order valence-electron chi connectivity index (χ2n) is 5.67. The number of rotatable bonds is 7. The van der Waals surface area contributed by atoms with E-state index in [1.165, 1.54) is 17.3 Å². The van der Waals surface area contributed by atoms with Crippen molar-refractivity contribution in [1.29, 1.82) is 0 Å². The van der Waals surface area contributed by atoms with Gasteiger partial charge in [0.25, 0.3) is 0 Å². The van der Waals surface area contributed by atoms with E-state index >= 15 is 0 Å². The Morgan fingerprint density at radius 3 is 2.42 bits per heavy atom. The lowest BCUT2D eigenvalue weighted by Crippen LogP contribution is -2.25. The smallest absolute Gasteiger partial charge is 0.237 e.